The molecular weight excluding hydrogens is 312 g/mol. The summed E-state index contributed by atoms with van der Waals surface area (Å²) in [7, 11) is 2.58. The highest BCUT2D eigenvalue weighted by Gasteiger charge is 2.73. The average molecular weight is 336 g/mol. The molecule has 0 radical (unpaired) electrons. The number of carbonyl (C=O) groups excluding carboxylic acids is 3. The van der Waals surface area contributed by atoms with Crippen molar-refractivity contribution in [3.8, 4) is 0 Å². The van der Waals surface area contributed by atoms with Crippen LogP contribution in [0.1, 0.15) is 33.1 Å². The lowest BCUT2D eigenvalue weighted by Gasteiger charge is -2.36. The third kappa shape index (κ3) is 2.15. The van der Waals surface area contributed by atoms with Crippen LogP contribution in [0.4, 0.5) is 0 Å². The van der Waals surface area contributed by atoms with Crippen LogP contribution in [0.2, 0.25) is 0 Å². The predicted molar refractivity (Wildman–Crippen MR) is 83.9 cm³/mol. The van der Waals surface area contributed by atoms with Crippen LogP contribution in [-0.4, -0.2) is 43.6 Å². The molecule has 1 aliphatic carbocycles. The van der Waals surface area contributed by atoms with E-state index in [1.54, 1.807) is 0 Å². The van der Waals surface area contributed by atoms with E-state index < -0.39 is 41.4 Å². The fourth-order valence-corrected chi connectivity index (χ4v) is 4.71. The topological polar surface area (TPSA) is 78.9 Å². The number of hydrogen-bond acceptors (Lipinski definition) is 6. The quantitative estimate of drug-likeness (QED) is 0.711. The molecule has 2 bridgehead atoms. The molecule has 0 aromatic carbocycles. The van der Waals surface area contributed by atoms with Crippen molar-refractivity contribution in [3.05, 3.63) is 11.6 Å². The number of ether oxygens (including phenoxy) is 3. The Kier molecular flexibility index (Phi) is 4.28. The summed E-state index contributed by atoms with van der Waals surface area (Å²) in [6, 6.07) is 0. The molecule has 24 heavy (non-hydrogen) atoms. The fourth-order valence-electron chi connectivity index (χ4n) is 4.71. The summed E-state index contributed by atoms with van der Waals surface area (Å²) in [4.78, 5) is 37.4. The Morgan fingerprint density at radius 2 is 1.92 bits per heavy atom. The van der Waals surface area contributed by atoms with E-state index in [1.165, 1.54) is 14.2 Å². The number of esters is 2. The molecule has 132 valence electrons. The van der Waals surface area contributed by atoms with Crippen molar-refractivity contribution in [2.45, 2.75) is 44.8 Å². The van der Waals surface area contributed by atoms with Crippen molar-refractivity contribution in [1.82, 2.24) is 0 Å². The monoisotopic (exact) mass is 336 g/mol. The van der Waals surface area contributed by atoms with Crippen molar-refractivity contribution < 1.29 is 28.6 Å². The van der Waals surface area contributed by atoms with Crippen LogP contribution in [0, 0.1) is 23.7 Å². The molecule has 3 rings (SSSR count). The summed E-state index contributed by atoms with van der Waals surface area (Å²) in [5.74, 6) is -3.09. The summed E-state index contributed by atoms with van der Waals surface area (Å²) in [6.07, 6.45) is 4.02. The zero-order valence-corrected chi connectivity index (χ0v) is 14.5. The second-order valence-corrected chi connectivity index (χ2v) is 7.03. The van der Waals surface area contributed by atoms with E-state index in [0.717, 1.165) is 24.8 Å². The van der Waals surface area contributed by atoms with Crippen LogP contribution in [0.15, 0.2) is 11.6 Å². The third-order valence-electron chi connectivity index (χ3n) is 5.85. The van der Waals surface area contributed by atoms with Gasteiger partial charge in [-0.05, 0) is 25.3 Å². The van der Waals surface area contributed by atoms with E-state index >= 15 is 0 Å². The zero-order chi connectivity index (χ0) is 17.6. The van der Waals surface area contributed by atoms with Crippen molar-refractivity contribution in [2.24, 2.45) is 23.7 Å². The zero-order valence-electron chi connectivity index (χ0n) is 14.5. The Hall–Kier alpha value is -1.69. The number of unbranched alkanes of at least 4 members (excludes halogenated alkanes) is 1. The van der Waals surface area contributed by atoms with Crippen LogP contribution < -0.4 is 0 Å². The van der Waals surface area contributed by atoms with Gasteiger partial charge in [0.15, 0.2) is 5.78 Å². The average Bonchev–Trinajstić information content (AvgIpc) is 3.16. The number of fused-ring (bicyclic) bond motifs is 5. The highest BCUT2D eigenvalue weighted by molar-refractivity contribution is 6.02. The van der Waals surface area contributed by atoms with E-state index in [9.17, 15) is 14.4 Å². The van der Waals surface area contributed by atoms with Gasteiger partial charge >= 0.3 is 11.9 Å². The Balaban J connectivity index is 1.98. The van der Waals surface area contributed by atoms with Gasteiger partial charge in [0, 0.05) is 5.92 Å². The van der Waals surface area contributed by atoms with Crippen molar-refractivity contribution in [3.63, 3.8) is 0 Å². The maximum Gasteiger partial charge on any atom is 0.312 e. The van der Waals surface area contributed by atoms with Crippen molar-refractivity contribution in [2.75, 3.05) is 14.2 Å². The molecule has 0 unspecified atom stereocenters. The highest BCUT2D eigenvalue weighted by Crippen LogP contribution is 2.61. The molecule has 2 fully saturated rings. The molecule has 0 saturated carbocycles. The number of Topliss-reactive ketones (excluding diaryl/α,β-unsaturated/α-hetero) is 1. The van der Waals surface area contributed by atoms with E-state index in [4.69, 9.17) is 14.2 Å². The molecule has 0 aromatic rings. The van der Waals surface area contributed by atoms with Gasteiger partial charge in [0.1, 0.15) is 5.92 Å². The van der Waals surface area contributed by atoms with Crippen molar-refractivity contribution in [1.29, 1.82) is 0 Å². The summed E-state index contributed by atoms with van der Waals surface area (Å²) in [5, 5.41) is 0. The third-order valence-corrected chi connectivity index (χ3v) is 5.85. The predicted octanol–water partition coefficient (Wildman–Crippen LogP) is 1.67. The summed E-state index contributed by atoms with van der Waals surface area (Å²) >= 11 is 0. The van der Waals surface area contributed by atoms with Crippen molar-refractivity contribution >= 4 is 17.7 Å². The van der Waals surface area contributed by atoms with Gasteiger partial charge < -0.3 is 14.2 Å². The maximum atomic E-state index is 12.8. The molecule has 2 heterocycles. The van der Waals surface area contributed by atoms with Gasteiger partial charge in [-0.15, -0.1) is 0 Å². The number of rotatable bonds is 5. The van der Waals surface area contributed by atoms with Gasteiger partial charge in [-0.3, -0.25) is 14.4 Å². The second kappa shape index (κ2) is 5.99. The molecule has 6 heteroatoms. The molecule has 6 nitrogen and oxygen atoms in total. The molecule has 0 amide bonds. The standard InChI is InChI=1S/C18H24O6/c1-5-6-7-9-8-10-11(14(9)19)15-12(16(20)22-3)13(17(21)23-4)18(10,2)24-15/h8,10-13,15H,5-7H2,1-4H3/t10-,11-,12-,13-,15+,18-/m1/s1. The Labute approximate surface area is 141 Å². The van der Waals surface area contributed by atoms with Crippen LogP contribution in [0.25, 0.3) is 0 Å². The van der Waals surface area contributed by atoms with E-state index in [1.807, 2.05) is 13.0 Å². The maximum absolute atomic E-state index is 12.8. The minimum Gasteiger partial charge on any atom is -0.469 e. The Bertz CT molecular complexity index is 609. The van der Waals surface area contributed by atoms with Gasteiger partial charge in [-0.25, -0.2) is 0 Å². The summed E-state index contributed by atoms with van der Waals surface area (Å²) in [6.45, 7) is 3.89. The number of allylic oxidation sites excluding steroid dienone is 1. The molecule has 2 saturated heterocycles. The Morgan fingerprint density at radius 1 is 1.25 bits per heavy atom. The fraction of sp³-hybridized carbons (Fsp3) is 0.722. The van der Waals surface area contributed by atoms with Gasteiger partial charge in [0.2, 0.25) is 0 Å². The molecule has 3 aliphatic rings. The van der Waals surface area contributed by atoms with Gasteiger partial charge in [-0.2, -0.15) is 0 Å². The lowest BCUT2D eigenvalue weighted by Crippen LogP contribution is -2.52. The number of carbonyl (C=O) groups is 3. The van der Waals surface area contributed by atoms with Crippen LogP contribution in [0.3, 0.4) is 0 Å². The van der Waals surface area contributed by atoms with Crippen LogP contribution in [-0.2, 0) is 28.6 Å². The molecule has 0 aromatic heterocycles. The lowest BCUT2D eigenvalue weighted by atomic mass is 9.63. The van der Waals surface area contributed by atoms with Gasteiger partial charge in [-0.1, -0.05) is 19.4 Å². The normalized spacial score (nSPS) is 39.6. The Morgan fingerprint density at radius 3 is 2.50 bits per heavy atom. The minimum absolute atomic E-state index is 0.0550. The van der Waals surface area contributed by atoms with Crippen LogP contribution in [0.5, 0.6) is 0 Å². The second-order valence-electron chi connectivity index (χ2n) is 7.03. The number of methoxy groups -OCH3 is 2. The number of ketones is 1. The first-order valence-electron chi connectivity index (χ1n) is 8.49. The summed E-state index contributed by atoms with van der Waals surface area (Å²) in [5.41, 5.74) is -0.106. The molecular formula is C18H24O6. The minimum atomic E-state index is -0.912. The first-order chi connectivity index (χ1) is 11.4. The smallest absolute Gasteiger partial charge is 0.312 e. The van der Waals surface area contributed by atoms with E-state index in [2.05, 4.69) is 6.92 Å². The first-order valence-corrected chi connectivity index (χ1v) is 8.49. The highest BCUT2D eigenvalue weighted by atomic mass is 16.6. The number of hydrogen-bond donors (Lipinski definition) is 0. The van der Waals surface area contributed by atoms with Gasteiger partial charge in [0.05, 0.1) is 37.8 Å². The van der Waals surface area contributed by atoms with Gasteiger partial charge in [0.25, 0.3) is 0 Å². The summed E-state index contributed by atoms with van der Waals surface area (Å²) < 4.78 is 15.8. The van der Waals surface area contributed by atoms with E-state index in [-0.39, 0.29) is 11.7 Å². The lowest BCUT2D eigenvalue weighted by molar-refractivity contribution is -0.162. The molecule has 0 N–H and O–H groups in total. The first kappa shape index (κ1) is 17.1. The largest absolute Gasteiger partial charge is 0.469 e. The SMILES string of the molecule is CCCCC1=C[C@@H]2[C@H](C1=O)[C@@H]1O[C@@]2(C)[C@@H](C(=O)OC)[C@H]1C(=O)OC. The van der Waals surface area contributed by atoms with Crippen LogP contribution >= 0.6 is 0 Å². The molecule has 0 spiro atoms. The molecule has 2 aliphatic heterocycles. The van der Waals surface area contributed by atoms with E-state index in [0.29, 0.717) is 0 Å². The molecule has 6 atom stereocenters.